The van der Waals surface area contributed by atoms with Crippen molar-refractivity contribution in [2.24, 2.45) is 5.16 Å². The van der Waals surface area contributed by atoms with E-state index < -0.39 is 0 Å². The molecule has 22 heavy (non-hydrogen) atoms. The minimum Gasteiger partial charge on any atom is -0.411 e. The molecule has 1 fully saturated rings. The van der Waals surface area contributed by atoms with Crippen molar-refractivity contribution in [3.63, 3.8) is 0 Å². The number of hydrogen-bond donors (Lipinski definition) is 1. The first kappa shape index (κ1) is 14.7. The molecule has 1 N–H and O–H groups in total. The number of hydrogen-bond acceptors (Lipinski definition) is 7. The molecule has 1 aliphatic heterocycles. The number of anilines is 1. The van der Waals surface area contributed by atoms with E-state index in [1.165, 1.54) is 4.80 Å². The fraction of sp³-hybridized carbons (Fsp3) is 0.385. The maximum atomic E-state index is 9.20. The second-order valence-electron chi connectivity index (χ2n) is 4.77. The standard InChI is InChI=1S/C13H15ClN6O2/c14-11-3-1-10(2-4-11)12(17-21)9-20-16-13(15-18-20)19-5-7-22-8-6-19/h1-4,21H,5-9H2/b17-12-. The monoisotopic (exact) mass is 322 g/mol. The molecule has 1 aromatic heterocycles. The third-order valence-corrected chi connectivity index (χ3v) is 3.58. The van der Waals surface area contributed by atoms with Crippen LogP contribution in [0, 0.1) is 0 Å². The lowest BCUT2D eigenvalue weighted by molar-refractivity contribution is 0.122. The molecular formula is C13H15ClN6O2. The molecule has 0 bridgehead atoms. The van der Waals surface area contributed by atoms with E-state index in [4.69, 9.17) is 16.3 Å². The molecule has 0 atom stereocenters. The third kappa shape index (κ3) is 3.34. The van der Waals surface area contributed by atoms with Crippen LogP contribution in [0.3, 0.4) is 0 Å². The van der Waals surface area contributed by atoms with Crippen molar-refractivity contribution in [2.45, 2.75) is 6.54 Å². The lowest BCUT2D eigenvalue weighted by Gasteiger charge is -2.24. The van der Waals surface area contributed by atoms with Crippen LogP contribution in [0.2, 0.25) is 5.02 Å². The second kappa shape index (κ2) is 6.71. The van der Waals surface area contributed by atoms with Crippen LogP contribution in [-0.4, -0.2) is 57.4 Å². The van der Waals surface area contributed by atoms with Gasteiger partial charge in [-0.05, 0) is 17.3 Å². The molecular weight excluding hydrogens is 308 g/mol. The van der Waals surface area contributed by atoms with E-state index in [0.29, 0.717) is 29.9 Å². The molecule has 0 radical (unpaired) electrons. The van der Waals surface area contributed by atoms with Crippen LogP contribution in [0.15, 0.2) is 29.4 Å². The lowest BCUT2D eigenvalue weighted by atomic mass is 10.1. The van der Waals surface area contributed by atoms with E-state index in [0.717, 1.165) is 18.7 Å². The number of aromatic nitrogens is 4. The molecule has 9 heteroatoms. The molecule has 1 aliphatic rings. The van der Waals surface area contributed by atoms with Gasteiger partial charge in [-0.3, -0.25) is 0 Å². The second-order valence-corrected chi connectivity index (χ2v) is 5.21. The zero-order valence-corrected chi connectivity index (χ0v) is 12.5. The molecule has 0 aliphatic carbocycles. The van der Waals surface area contributed by atoms with Gasteiger partial charge in [-0.1, -0.05) is 34.0 Å². The summed E-state index contributed by atoms with van der Waals surface area (Å²) in [5.41, 5.74) is 1.18. The summed E-state index contributed by atoms with van der Waals surface area (Å²) in [5, 5.41) is 25.5. The van der Waals surface area contributed by atoms with Gasteiger partial charge in [0.2, 0.25) is 0 Å². The van der Waals surface area contributed by atoms with Gasteiger partial charge in [0.05, 0.1) is 13.2 Å². The maximum absolute atomic E-state index is 9.20. The number of rotatable bonds is 4. The summed E-state index contributed by atoms with van der Waals surface area (Å²) in [4.78, 5) is 3.40. The molecule has 0 unspecified atom stereocenters. The molecule has 1 aromatic carbocycles. The predicted molar refractivity (Wildman–Crippen MR) is 80.6 cm³/mol. The first-order chi connectivity index (χ1) is 10.8. The van der Waals surface area contributed by atoms with E-state index in [1.54, 1.807) is 24.3 Å². The Balaban J connectivity index is 1.71. The summed E-state index contributed by atoms with van der Waals surface area (Å²) in [7, 11) is 0. The molecule has 2 aromatic rings. The quantitative estimate of drug-likeness (QED) is 0.514. The van der Waals surface area contributed by atoms with E-state index in [-0.39, 0.29) is 6.54 Å². The van der Waals surface area contributed by atoms with Gasteiger partial charge >= 0.3 is 0 Å². The SMILES string of the molecule is O/N=C(/Cn1nnc(N2CCOCC2)n1)c1ccc(Cl)cc1. The molecule has 116 valence electrons. The summed E-state index contributed by atoms with van der Waals surface area (Å²) in [6.45, 7) is 3.01. The number of ether oxygens (including phenoxy) is 1. The predicted octanol–water partition coefficient (Wildman–Crippen LogP) is 1.04. The van der Waals surface area contributed by atoms with Crippen LogP contribution in [0.4, 0.5) is 5.95 Å². The highest BCUT2D eigenvalue weighted by molar-refractivity contribution is 6.30. The Bertz CT molecular complexity index is 651. The van der Waals surface area contributed by atoms with Crippen molar-refractivity contribution in [3.05, 3.63) is 34.9 Å². The van der Waals surface area contributed by atoms with Crippen LogP contribution in [0.5, 0.6) is 0 Å². The number of benzene rings is 1. The molecule has 0 saturated carbocycles. The van der Waals surface area contributed by atoms with Crippen LogP contribution in [0.25, 0.3) is 0 Å². The van der Waals surface area contributed by atoms with Gasteiger partial charge in [-0.25, -0.2) is 0 Å². The van der Waals surface area contributed by atoms with Crippen molar-refractivity contribution in [1.29, 1.82) is 0 Å². The number of halogens is 1. The van der Waals surface area contributed by atoms with Crippen molar-refractivity contribution in [2.75, 3.05) is 31.2 Å². The first-order valence-electron chi connectivity index (χ1n) is 6.83. The molecule has 0 amide bonds. The zero-order valence-electron chi connectivity index (χ0n) is 11.8. The molecule has 3 rings (SSSR count). The fourth-order valence-electron chi connectivity index (χ4n) is 2.15. The Hall–Kier alpha value is -2.19. The number of nitrogens with zero attached hydrogens (tertiary/aromatic N) is 6. The van der Waals surface area contributed by atoms with E-state index in [1.807, 2.05) is 4.90 Å². The number of morpholine rings is 1. The van der Waals surface area contributed by atoms with Crippen molar-refractivity contribution in [3.8, 4) is 0 Å². The van der Waals surface area contributed by atoms with Gasteiger partial charge in [-0.15, -0.1) is 5.10 Å². The maximum Gasteiger partial charge on any atom is 0.266 e. The molecule has 1 saturated heterocycles. The Morgan fingerprint density at radius 1 is 1.27 bits per heavy atom. The highest BCUT2D eigenvalue weighted by Crippen LogP contribution is 2.12. The summed E-state index contributed by atoms with van der Waals surface area (Å²) in [6.07, 6.45) is 0. The summed E-state index contributed by atoms with van der Waals surface area (Å²) < 4.78 is 5.29. The minimum atomic E-state index is 0.218. The van der Waals surface area contributed by atoms with Crippen LogP contribution in [0.1, 0.15) is 5.56 Å². The highest BCUT2D eigenvalue weighted by atomic mass is 35.5. The summed E-state index contributed by atoms with van der Waals surface area (Å²) >= 11 is 5.85. The number of oxime groups is 1. The van der Waals surface area contributed by atoms with Gasteiger partial charge < -0.3 is 14.8 Å². The van der Waals surface area contributed by atoms with E-state index in [2.05, 4.69) is 20.6 Å². The minimum absolute atomic E-state index is 0.218. The first-order valence-corrected chi connectivity index (χ1v) is 7.21. The van der Waals surface area contributed by atoms with E-state index in [9.17, 15) is 5.21 Å². The lowest BCUT2D eigenvalue weighted by Crippen LogP contribution is -2.37. The molecule has 8 nitrogen and oxygen atoms in total. The Labute approximate surface area is 131 Å². The topological polar surface area (TPSA) is 88.7 Å². The smallest absolute Gasteiger partial charge is 0.266 e. The van der Waals surface area contributed by atoms with Crippen LogP contribution in [-0.2, 0) is 11.3 Å². The average molecular weight is 323 g/mol. The normalized spacial score (nSPS) is 16.0. The van der Waals surface area contributed by atoms with Crippen LogP contribution >= 0.6 is 11.6 Å². The summed E-state index contributed by atoms with van der Waals surface area (Å²) in [5.74, 6) is 0.552. The average Bonchev–Trinajstić information content (AvgIpc) is 3.03. The largest absolute Gasteiger partial charge is 0.411 e. The Morgan fingerprint density at radius 2 is 2.00 bits per heavy atom. The van der Waals surface area contributed by atoms with Gasteiger partial charge in [0.15, 0.2) is 0 Å². The molecule has 2 heterocycles. The van der Waals surface area contributed by atoms with Crippen molar-refractivity contribution >= 4 is 23.3 Å². The van der Waals surface area contributed by atoms with Crippen molar-refractivity contribution in [1.82, 2.24) is 20.2 Å². The van der Waals surface area contributed by atoms with Crippen LogP contribution < -0.4 is 4.90 Å². The number of tetrazole rings is 1. The van der Waals surface area contributed by atoms with E-state index >= 15 is 0 Å². The Morgan fingerprint density at radius 3 is 2.68 bits per heavy atom. The highest BCUT2D eigenvalue weighted by Gasteiger charge is 2.16. The van der Waals surface area contributed by atoms with Gasteiger partial charge in [0.1, 0.15) is 12.3 Å². The van der Waals surface area contributed by atoms with Crippen molar-refractivity contribution < 1.29 is 9.94 Å². The zero-order chi connectivity index (χ0) is 15.4. The van der Waals surface area contributed by atoms with Gasteiger partial charge in [0.25, 0.3) is 5.95 Å². The Kier molecular flexibility index (Phi) is 4.50. The summed E-state index contributed by atoms with van der Waals surface area (Å²) in [6, 6.07) is 7.01. The fourth-order valence-corrected chi connectivity index (χ4v) is 2.27. The van der Waals surface area contributed by atoms with Gasteiger partial charge in [0, 0.05) is 23.7 Å². The van der Waals surface area contributed by atoms with Gasteiger partial charge in [-0.2, -0.15) is 4.80 Å². The third-order valence-electron chi connectivity index (χ3n) is 3.33. The molecule has 0 spiro atoms.